The van der Waals surface area contributed by atoms with Gasteiger partial charge in [-0.25, -0.2) is 4.39 Å². The number of benzene rings is 1. The lowest BCUT2D eigenvalue weighted by Crippen LogP contribution is -2.48. The molecule has 2 rings (SSSR count). The summed E-state index contributed by atoms with van der Waals surface area (Å²) in [6.45, 7) is 8.92. The van der Waals surface area contributed by atoms with Gasteiger partial charge in [-0.3, -0.25) is 4.84 Å². The van der Waals surface area contributed by atoms with Gasteiger partial charge in [0, 0.05) is 26.2 Å². The summed E-state index contributed by atoms with van der Waals surface area (Å²) in [5.74, 6) is -0.339. The smallest absolute Gasteiger partial charge is 0.147 e. The highest BCUT2D eigenvalue weighted by Gasteiger charge is 2.23. The molecule has 0 spiro atoms. The van der Waals surface area contributed by atoms with Crippen LogP contribution in [-0.4, -0.2) is 36.8 Å². The van der Waals surface area contributed by atoms with Gasteiger partial charge in [0.25, 0.3) is 0 Å². The number of anilines is 1. The summed E-state index contributed by atoms with van der Waals surface area (Å²) < 4.78 is 14.0. The average molecular weight is 277 g/mol. The first kappa shape index (κ1) is 14.8. The van der Waals surface area contributed by atoms with E-state index in [9.17, 15) is 4.39 Å². The Kier molecular flexibility index (Phi) is 4.26. The van der Waals surface area contributed by atoms with Crippen LogP contribution in [0.1, 0.15) is 26.3 Å². The molecule has 1 fully saturated rings. The number of nitrogens with zero attached hydrogens (tertiary/aromatic N) is 3. The Balaban J connectivity index is 1.99. The highest BCUT2D eigenvalue weighted by Crippen LogP contribution is 2.22. The number of nitriles is 1. The Morgan fingerprint density at radius 1 is 1.20 bits per heavy atom. The van der Waals surface area contributed by atoms with Gasteiger partial charge in [-0.1, -0.05) is 0 Å². The van der Waals surface area contributed by atoms with E-state index >= 15 is 0 Å². The molecule has 1 aliphatic heterocycles. The predicted octanol–water partition coefficient (Wildman–Crippen LogP) is 2.55. The molecule has 0 aliphatic carbocycles. The first-order valence-corrected chi connectivity index (χ1v) is 6.78. The molecule has 20 heavy (non-hydrogen) atoms. The summed E-state index contributed by atoms with van der Waals surface area (Å²) in [6.07, 6.45) is 0. The minimum atomic E-state index is -0.339. The molecule has 108 valence electrons. The second-order valence-electron chi connectivity index (χ2n) is 5.90. The van der Waals surface area contributed by atoms with Crippen LogP contribution in [0.3, 0.4) is 0 Å². The van der Waals surface area contributed by atoms with Crippen molar-refractivity contribution in [2.45, 2.75) is 26.4 Å². The first-order valence-electron chi connectivity index (χ1n) is 6.78. The zero-order valence-electron chi connectivity index (χ0n) is 12.2. The molecule has 0 amide bonds. The number of rotatable bonds is 2. The lowest BCUT2D eigenvalue weighted by atomic mass is 10.2. The zero-order valence-corrected chi connectivity index (χ0v) is 12.2. The van der Waals surface area contributed by atoms with E-state index in [0.717, 1.165) is 13.1 Å². The van der Waals surface area contributed by atoms with Crippen molar-refractivity contribution in [3.05, 3.63) is 29.6 Å². The lowest BCUT2D eigenvalue weighted by molar-refractivity contribution is -0.230. The summed E-state index contributed by atoms with van der Waals surface area (Å²) in [6, 6.07) is 6.55. The van der Waals surface area contributed by atoms with Crippen molar-refractivity contribution >= 4 is 5.69 Å². The minimum absolute atomic E-state index is 0.206. The Bertz CT molecular complexity index is 511. The molecule has 0 N–H and O–H groups in total. The van der Waals surface area contributed by atoms with E-state index < -0.39 is 0 Å². The average Bonchev–Trinajstić information content (AvgIpc) is 2.38. The Morgan fingerprint density at radius 2 is 1.85 bits per heavy atom. The molecular formula is C15H20FN3O. The molecule has 1 aromatic rings. The molecule has 0 radical (unpaired) electrons. The molecule has 1 saturated heterocycles. The van der Waals surface area contributed by atoms with Crippen LogP contribution in [0.25, 0.3) is 0 Å². The van der Waals surface area contributed by atoms with Gasteiger partial charge in [-0.05, 0) is 39.0 Å². The van der Waals surface area contributed by atoms with Crippen LogP contribution >= 0.6 is 0 Å². The van der Waals surface area contributed by atoms with Gasteiger partial charge in [0.1, 0.15) is 5.82 Å². The molecule has 1 aliphatic rings. The van der Waals surface area contributed by atoms with E-state index in [1.54, 1.807) is 12.1 Å². The van der Waals surface area contributed by atoms with E-state index in [2.05, 4.69) is 0 Å². The van der Waals surface area contributed by atoms with Gasteiger partial charge in [0.2, 0.25) is 0 Å². The zero-order chi connectivity index (χ0) is 14.8. The number of piperazine rings is 1. The Labute approximate surface area is 119 Å². The topological polar surface area (TPSA) is 39.5 Å². The summed E-state index contributed by atoms with van der Waals surface area (Å²) in [5, 5.41) is 10.7. The van der Waals surface area contributed by atoms with Gasteiger partial charge in [-0.2, -0.15) is 10.3 Å². The monoisotopic (exact) mass is 277 g/mol. The molecule has 5 heteroatoms. The lowest BCUT2D eigenvalue weighted by Gasteiger charge is -2.38. The number of hydrogen-bond acceptors (Lipinski definition) is 4. The van der Waals surface area contributed by atoms with Gasteiger partial charge >= 0.3 is 0 Å². The number of hydroxylamine groups is 2. The first-order chi connectivity index (χ1) is 9.39. The van der Waals surface area contributed by atoms with Gasteiger partial charge in [0.15, 0.2) is 0 Å². The summed E-state index contributed by atoms with van der Waals surface area (Å²) in [5.41, 5.74) is 0.697. The molecule has 4 nitrogen and oxygen atoms in total. The fourth-order valence-corrected chi connectivity index (χ4v) is 2.24. The molecule has 1 aromatic carbocycles. The van der Waals surface area contributed by atoms with E-state index in [-0.39, 0.29) is 11.4 Å². The maximum atomic E-state index is 14.0. The maximum Gasteiger partial charge on any atom is 0.147 e. The van der Waals surface area contributed by atoms with Crippen LogP contribution in [-0.2, 0) is 4.84 Å². The quantitative estimate of drug-likeness (QED) is 0.833. The van der Waals surface area contributed by atoms with Crippen molar-refractivity contribution < 1.29 is 9.23 Å². The van der Waals surface area contributed by atoms with Crippen LogP contribution in [0.2, 0.25) is 0 Å². The predicted molar refractivity (Wildman–Crippen MR) is 75.7 cm³/mol. The molecule has 0 bridgehead atoms. The van der Waals surface area contributed by atoms with E-state index in [4.69, 9.17) is 10.1 Å². The van der Waals surface area contributed by atoms with Crippen LogP contribution in [0.15, 0.2) is 18.2 Å². The highest BCUT2D eigenvalue weighted by molar-refractivity contribution is 5.51. The number of hydrogen-bond donors (Lipinski definition) is 0. The van der Waals surface area contributed by atoms with Crippen LogP contribution < -0.4 is 4.90 Å². The summed E-state index contributed by atoms with van der Waals surface area (Å²) in [7, 11) is 0. The van der Waals surface area contributed by atoms with Crippen LogP contribution in [0, 0.1) is 17.1 Å². The molecular weight excluding hydrogens is 257 g/mol. The molecule has 0 saturated carbocycles. The van der Waals surface area contributed by atoms with Crippen molar-refractivity contribution in [2.24, 2.45) is 0 Å². The van der Waals surface area contributed by atoms with Crippen molar-refractivity contribution in [2.75, 3.05) is 31.1 Å². The minimum Gasteiger partial charge on any atom is -0.366 e. The molecule has 0 aromatic heterocycles. The fraction of sp³-hybridized carbons (Fsp3) is 0.533. The summed E-state index contributed by atoms with van der Waals surface area (Å²) >= 11 is 0. The molecule has 0 atom stereocenters. The standard InChI is InChI=1S/C15H20FN3O/c1-15(2,3)20-19-8-6-18(7-9-19)14-5-4-12(11-17)10-13(14)16/h4-5,10H,6-9H2,1-3H3. The molecule has 0 unspecified atom stereocenters. The SMILES string of the molecule is CC(C)(C)ON1CCN(c2ccc(C#N)cc2F)CC1. The Morgan fingerprint density at radius 3 is 2.35 bits per heavy atom. The van der Waals surface area contributed by atoms with Gasteiger partial charge in [0.05, 0.1) is 22.9 Å². The Hall–Kier alpha value is -1.64. The van der Waals surface area contributed by atoms with Crippen molar-refractivity contribution in [1.82, 2.24) is 5.06 Å². The fourth-order valence-electron chi connectivity index (χ4n) is 2.24. The maximum absolute atomic E-state index is 14.0. The van der Waals surface area contributed by atoms with E-state index in [1.165, 1.54) is 6.07 Å². The van der Waals surface area contributed by atoms with Crippen LogP contribution in [0.5, 0.6) is 0 Å². The normalized spacial score (nSPS) is 17.1. The third-order valence-electron chi connectivity index (χ3n) is 3.06. The second kappa shape index (κ2) is 5.78. The largest absolute Gasteiger partial charge is 0.366 e. The van der Waals surface area contributed by atoms with Gasteiger partial charge < -0.3 is 4.90 Å². The summed E-state index contributed by atoms with van der Waals surface area (Å²) in [4.78, 5) is 7.78. The van der Waals surface area contributed by atoms with Gasteiger partial charge in [-0.15, -0.1) is 0 Å². The highest BCUT2D eigenvalue weighted by atomic mass is 19.1. The third-order valence-corrected chi connectivity index (χ3v) is 3.06. The van der Waals surface area contributed by atoms with Crippen LogP contribution in [0.4, 0.5) is 10.1 Å². The van der Waals surface area contributed by atoms with Crippen molar-refractivity contribution in [1.29, 1.82) is 5.26 Å². The van der Waals surface area contributed by atoms with E-state index in [0.29, 0.717) is 24.3 Å². The van der Waals surface area contributed by atoms with Crippen molar-refractivity contribution in [3.8, 4) is 6.07 Å². The molecule has 1 heterocycles. The third kappa shape index (κ3) is 3.69. The van der Waals surface area contributed by atoms with E-state index in [1.807, 2.05) is 36.8 Å². The van der Waals surface area contributed by atoms with Crippen molar-refractivity contribution in [3.63, 3.8) is 0 Å². The number of halogens is 1. The second-order valence-corrected chi connectivity index (χ2v) is 5.90.